The van der Waals surface area contributed by atoms with Gasteiger partial charge in [0.25, 0.3) is 0 Å². The molecule has 2 rings (SSSR count). The molecule has 2 nitrogen and oxygen atoms in total. The van der Waals surface area contributed by atoms with Gasteiger partial charge in [-0.3, -0.25) is 0 Å². The van der Waals surface area contributed by atoms with Gasteiger partial charge in [0.1, 0.15) is 5.82 Å². The Balaban J connectivity index is 2.03. The van der Waals surface area contributed by atoms with E-state index < -0.39 is 17.6 Å². The predicted octanol–water partition coefficient (Wildman–Crippen LogP) is 3.10. The van der Waals surface area contributed by atoms with Crippen molar-refractivity contribution in [2.24, 2.45) is 5.92 Å². The third kappa shape index (κ3) is 3.49. The van der Waals surface area contributed by atoms with Gasteiger partial charge in [-0.25, -0.2) is 4.39 Å². The maximum atomic E-state index is 13.1. The molecule has 0 bridgehead atoms. The molecule has 6 heteroatoms. The van der Waals surface area contributed by atoms with Gasteiger partial charge in [0.05, 0.1) is 5.56 Å². The third-order valence-electron chi connectivity index (χ3n) is 3.80. The molecule has 0 amide bonds. The standard InChI is InChI=1S/C14H17F4NO/c15-12-5-4-9(6-11(12)14(16,17)18)7-19-13-3-1-2-10(13)8-20/h4-6,10,13,19-20H,1-3,7-8H2. The molecule has 0 radical (unpaired) electrons. The number of alkyl halides is 3. The lowest BCUT2D eigenvalue weighted by Gasteiger charge is -2.19. The SMILES string of the molecule is OCC1CCCC1NCc1ccc(F)c(C(F)(F)F)c1. The summed E-state index contributed by atoms with van der Waals surface area (Å²) in [4.78, 5) is 0. The van der Waals surface area contributed by atoms with Crippen molar-refractivity contribution < 1.29 is 22.7 Å². The van der Waals surface area contributed by atoms with Gasteiger partial charge in [-0.05, 0) is 36.5 Å². The molecule has 1 aliphatic rings. The Hall–Kier alpha value is -1.14. The van der Waals surface area contributed by atoms with Gasteiger partial charge in [0.15, 0.2) is 0 Å². The first-order chi connectivity index (χ1) is 9.41. The van der Waals surface area contributed by atoms with Gasteiger partial charge in [-0.2, -0.15) is 13.2 Å². The van der Waals surface area contributed by atoms with Crippen LogP contribution in [0.3, 0.4) is 0 Å². The number of hydrogen-bond donors (Lipinski definition) is 2. The van der Waals surface area contributed by atoms with Gasteiger partial charge in [-0.15, -0.1) is 0 Å². The molecule has 0 aromatic heterocycles. The molecular weight excluding hydrogens is 274 g/mol. The molecule has 0 spiro atoms. The van der Waals surface area contributed by atoms with Crippen LogP contribution in [0.25, 0.3) is 0 Å². The van der Waals surface area contributed by atoms with Gasteiger partial charge >= 0.3 is 6.18 Å². The van der Waals surface area contributed by atoms with Crippen LogP contribution in [0, 0.1) is 11.7 Å². The summed E-state index contributed by atoms with van der Waals surface area (Å²) in [6.45, 7) is 0.319. The summed E-state index contributed by atoms with van der Waals surface area (Å²) in [6.07, 6.45) is -1.86. The molecule has 1 saturated carbocycles. The van der Waals surface area contributed by atoms with E-state index in [0.717, 1.165) is 31.4 Å². The predicted molar refractivity (Wildman–Crippen MR) is 66.5 cm³/mol. The summed E-state index contributed by atoms with van der Waals surface area (Å²) in [6, 6.07) is 3.14. The topological polar surface area (TPSA) is 32.3 Å². The van der Waals surface area contributed by atoms with Crippen LogP contribution in [-0.4, -0.2) is 17.8 Å². The fourth-order valence-electron chi connectivity index (χ4n) is 2.67. The van der Waals surface area contributed by atoms with Crippen LogP contribution in [-0.2, 0) is 12.7 Å². The van der Waals surface area contributed by atoms with Crippen molar-refractivity contribution in [2.75, 3.05) is 6.61 Å². The van der Waals surface area contributed by atoms with Crippen LogP contribution in [0.1, 0.15) is 30.4 Å². The number of aliphatic hydroxyl groups excluding tert-OH is 1. The zero-order chi connectivity index (χ0) is 14.8. The Morgan fingerprint density at radius 3 is 2.65 bits per heavy atom. The number of nitrogens with one attached hydrogen (secondary N) is 1. The van der Waals surface area contributed by atoms with Crippen LogP contribution in [0.4, 0.5) is 17.6 Å². The molecule has 1 aromatic rings. The summed E-state index contributed by atoms with van der Waals surface area (Å²) in [5.41, 5.74) is -0.843. The minimum atomic E-state index is -4.68. The van der Waals surface area contributed by atoms with E-state index in [1.165, 1.54) is 6.07 Å². The highest BCUT2D eigenvalue weighted by Crippen LogP contribution is 2.32. The quantitative estimate of drug-likeness (QED) is 0.836. The lowest BCUT2D eigenvalue weighted by molar-refractivity contribution is -0.140. The van der Waals surface area contributed by atoms with E-state index in [2.05, 4.69) is 5.32 Å². The Bertz CT molecular complexity index is 461. The van der Waals surface area contributed by atoms with Crippen LogP contribution < -0.4 is 5.32 Å². The van der Waals surface area contributed by atoms with Crippen molar-refractivity contribution in [3.05, 3.63) is 35.1 Å². The summed E-state index contributed by atoms with van der Waals surface area (Å²) < 4.78 is 50.9. The Morgan fingerprint density at radius 2 is 2.00 bits per heavy atom. The normalized spacial score (nSPS) is 23.2. The van der Waals surface area contributed by atoms with E-state index in [0.29, 0.717) is 5.56 Å². The van der Waals surface area contributed by atoms with Crippen molar-refractivity contribution in [3.8, 4) is 0 Å². The molecule has 0 saturated heterocycles. The van der Waals surface area contributed by atoms with Crippen LogP contribution >= 0.6 is 0 Å². The van der Waals surface area contributed by atoms with E-state index in [-0.39, 0.29) is 25.1 Å². The first-order valence-electron chi connectivity index (χ1n) is 6.61. The average Bonchev–Trinajstić information content (AvgIpc) is 2.84. The molecular formula is C14H17F4NO. The Kier molecular flexibility index (Phi) is 4.65. The van der Waals surface area contributed by atoms with Crippen molar-refractivity contribution in [1.82, 2.24) is 5.32 Å². The fourth-order valence-corrected chi connectivity index (χ4v) is 2.67. The van der Waals surface area contributed by atoms with Crippen LogP contribution in [0.2, 0.25) is 0 Å². The Labute approximate surface area is 114 Å². The zero-order valence-corrected chi connectivity index (χ0v) is 10.9. The molecule has 0 aliphatic heterocycles. The number of aliphatic hydroxyl groups is 1. The average molecular weight is 291 g/mol. The van der Waals surface area contributed by atoms with Crippen molar-refractivity contribution in [2.45, 2.75) is 38.0 Å². The molecule has 1 aromatic carbocycles. The summed E-state index contributed by atoms with van der Waals surface area (Å²) in [5, 5.41) is 12.3. The molecule has 20 heavy (non-hydrogen) atoms. The van der Waals surface area contributed by atoms with Gasteiger partial charge in [-0.1, -0.05) is 12.5 Å². The highest BCUT2D eigenvalue weighted by molar-refractivity contribution is 5.27. The smallest absolute Gasteiger partial charge is 0.396 e. The largest absolute Gasteiger partial charge is 0.419 e. The van der Waals surface area contributed by atoms with Crippen molar-refractivity contribution in [1.29, 1.82) is 0 Å². The molecule has 112 valence electrons. The van der Waals surface area contributed by atoms with Crippen molar-refractivity contribution in [3.63, 3.8) is 0 Å². The summed E-state index contributed by atoms with van der Waals surface area (Å²) in [5.74, 6) is -1.10. The third-order valence-corrected chi connectivity index (χ3v) is 3.80. The molecule has 1 fully saturated rings. The van der Waals surface area contributed by atoms with E-state index in [1.807, 2.05) is 0 Å². The highest BCUT2D eigenvalue weighted by Gasteiger charge is 2.34. The van der Waals surface area contributed by atoms with E-state index >= 15 is 0 Å². The fraction of sp³-hybridized carbons (Fsp3) is 0.571. The minimum Gasteiger partial charge on any atom is -0.396 e. The van der Waals surface area contributed by atoms with Crippen LogP contribution in [0.15, 0.2) is 18.2 Å². The van der Waals surface area contributed by atoms with Gasteiger partial charge < -0.3 is 10.4 Å². The minimum absolute atomic E-state index is 0.0783. The number of rotatable bonds is 4. The highest BCUT2D eigenvalue weighted by atomic mass is 19.4. The van der Waals surface area contributed by atoms with E-state index in [4.69, 9.17) is 0 Å². The van der Waals surface area contributed by atoms with E-state index in [1.54, 1.807) is 0 Å². The van der Waals surface area contributed by atoms with Crippen molar-refractivity contribution >= 4 is 0 Å². The first kappa shape index (κ1) is 15.3. The zero-order valence-electron chi connectivity index (χ0n) is 10.9. The molecule has 1 aliphatic carbocycles. The van der Waals surface area contributed by atoms with Crippen LogP contribution in [0.5, 0.6) is 0 Å². The maximum absolute atomic E-state index is 13.1. The number of halogens is 4. The lowest BCUT2D eigenvalue weighted by atomic mass is 10.0. The van der Waals surface area contributed by atoms with Gasteiger partial charge in [0.2, 0.25) is 0 Å². The molecule has 2 atom stereocenters. The maximum Gasteiger partial charge on any atom is 0.419 e. The number of hydrogen-bond acceptors (Lipinski definition) is 2. The lowest BCUT2D eigenvalue weighted by Crippen LogP contribution is -2.33. The van der Waals surface area contributed by atoms with Gasteiger partial charge in [0, 0.05) is 19.2 Å². The summed E-state index contributed by atoms with van der Waals surface area (Å²) in [7, 11) is 0. The molecule has 0 heterocycles. The number of benzene rings is 1. The first-order valence-corrected chi connectivity index (χ1v) is 6.61. The molecule has 2 N–H and O–H groups in total. The monoisotopic (exact) mass is 291 g/mol. The second-order valence-electron chi connectivity index (χ2n) is 5.17. The Morgan fingerprint density at radius 1 is 1.25 bits per heavy atom. The second-order valence-corrected chi connectivity index (χ2v) is 5.17. The van der Waals surface area contributed by atoms with E-state index in [9.17, 15) is 22.7 Å². The molecule has 2 unspecified atom stereocenters. The second kappa shape index (κ2) is 6.10. The summed E-state index contributed by atoms with van der Waals surface area (Å²) >= 11 is 0.